The highest BCUT2D eigenvalue weighted by Gasteiger charge is 2.09. The molecule has 0 aliphatic carbocycles. The summed E-state index contributed by atoms with van der Waals surface area (Å²) in [5.74, 6) is -1.19. The van der Waals surface area contributed by atoms with Gasteiger partial charge in [0.25, 0.3) is 11.2 Å². The van der Waals surface area contributed by atoms with Gasteiger partial charge in [0.05, 0.1) is 10.6 Å². The van der Waals surface area contributed by atoms with Crippen molar-refractivity contribution in [2.24, 2.45) is 0 Å². The molecule has 8 heteroatoms. The van der Waals surface area contributed by atoms with Crippen LogP contribution in [0.4, 0.5) is 5.69 Å². The smallest absolute Gasteiger partial charge is 0.328 e. The van der Waals surface area contributed by atoms with Crippen LogP contribution in [0.2, 0.25) is 0 Å². The van der Waals surface area contributed by atoms with Gasteiger partial charge in [0, 0.05) is 29.3 Å². The second kappa shape index (κ2) is 5.78. The van der Waals surface area contributed by atoms with E-state index >= 15 is 0 Å². The molecular weight excluding hydrogens is 278 g/mol. The van der Waals surface area contributed by atoms with Crippen molar-refractivity contribution in [2.75, 3.05) is 0 Å². The summed E-state index contributed by atoms with van der Waals surface area (Å²) in [6.07, 6.45) is 1.95. The van der Waals surface area contributed by atoms with Gasteiger partial charge in [0.15, 0.2) is 0 Å². The van der Waals surface area contributed by atoms with Crippen LogP contribution < -0.4 is 5.56 Å². The molecule has 8 nitrogen and oxygen atoms in total. The highest BCUT2D eigenvalue weighted by atomic mass is 16.6. The van der Waals surface area contributed by atoms with E-state index in [4.69, 9.17) is 5.11 Å². The summed E-state index contributed by atoms with van der Waals surface area (Å²) in [4.78, 5) is 32.2. The fourth-order valence-corrected chi connectivity index (χ4v) is 1.63. The largest absolute Gasteiger partial charge is 0.478 e. The zero-order valence-electron chi connectivity index (χ0n) is 10.5. The van der Waals surface area contributed by atoms with Gasteiger partial charge in [-0.25, -0.2) is 9.89 Å². The first-order chi connectivity index (χ1) is 9.97. The number of nitrogens with zero attached hydrogens (tertiary/aromatic N) is 2. The molecule has 0 spiro atoms. The third-order valence-electron chi connectivity index (χ3n) is 2.59. The van der Waals surface area contributed by atoms with Crippen LogP contribution in [0.3, 0.4) is 0 Å². The molecule has 2 rings (SSSR count). The van der Waals surface area contributed by atoms with Crippen LogP contribution in [-0.2, 0) is 4.79 Å². The molecular formula is C13H9N3O5. The van der Waals surface area contributed by atoms with Gasteiger partial charge in [-0.1, -0.05) is 12.1 Å². The summed E-state index contributed by atoms with van der Waals surface area (Å²) < 4.78 is 0. The van der Waals surface area contributed by atoms with E-state index in [0.717, 1.165) is 12.2 Å². The molecule has 0 radical (unpaired) electrons. The van der Waals surface area contributed by atoms with Gasteiger partial charge in [-0.2, -0.15) is 5.10 Å². The first-order valence-corrected chi connectivity index (χ1v) is 5.73. The maximum atomic E-state index is 11.5. The van der Waals surface area contributed by atoms with Gasteiger partial charge in [-0.05, 0) is 12.1 Å². The summed E-state index contributed by atoms with van der Waals surface area (Å²) in [6, 6.07) is 7.09. The third-order valence-corrected chi connectivity index (χ3v) is 2.59. The molecule has 21 heavy (non-hydrogen) atoms. The average molecular weight is 287 g/mol. The number of rotatable bonds is 4. The predicted molar refractivity (Wildman–Crippen MR) is 73.6 cm³/mol. The van der Waals surface area contributed by atoms with Crippen molar-refractivity contribution in [3.8, 4) is 11.3 Å². The van der Waals surface area contributed by atoms with Crippen LogP contribution >= 0.6 is 0 Å². The monoisotopic (exact) mass is 287 g/mol. The molecule has 2 N–H and O–H groups in total. The zero-order chi connectivity index (χ0) is 15.4. The number of non-ortho nitro benzene ring substituents is 1. The molecule has 0 saturated heterocycles. The number of nitro benzene ring substituents is 1. The van der Waals surface area contributed by atoms with Crippen LogP contribution in [0.1, 0.15) is 5.56 Å². The molecule has 0 amide bonds. The Bertz CT molecular complexity index is 794. The number of carboxylic acids is 1. The van der Waals surface area contributed by atoms with E-state index in [1.165, 1.54) is 24.3 Å². The molecule has 0 saturated carbocycles. The van der Waals surface area contributed by atoms with Crippen molar-refractivity contribution in [2.45, 2.75) is 0 Å². The Labute approximate surface area is 117 Å². The van der Waals surface area contributed by atoms with Crippen LogP contribution in [0.15, 0.2) is 41.2 Å². The summed E-state index contributed by atoms with van der Waals surface area (Å²) >= 11 is 0. The predicted octanol–water partition coefficient (Wildman–Crippen LogP) is 1.44. The van der Waals surface area contributed by atoms with Crippen molar-refractivity contribution in [3.05, 3.63) is 62.4 Å². The lowest BCUT2D eigenvalue weighted by Crippen LogP contribution is -2.11. The Morgan fingerprint density at radius 2 is 2.14 bits per heavy atom. The summed E-state index contributed by atoms with van der Waals surface area (Å²) in [7, 11) is 0. The number of hydrogen-bond donors (Lipinski definition) is 2. The Kier molecular flexibility index (Phi) is 3.89. The van der Waals surface area contributed by atoms with Crippen LogP contribution in [0, 0.1) is 10.1 Å². The van der Waals surface area contributed by atoms with Crippen LogP contribution in [0.5, 0.6) is 0 Å². The number of carboxylic acid groups (broad SMARTS) is 1. The van der Waals surface area contributed by atoms with E-state index in [2.05, 4.69) is 10.2 Å². The number of hydrogen-bond acceptors (Lipinski definition) is 5. The molecule has 0 fully saturated rings. The van der Waals surface area contributed by atoms with Crippen molar-refractivity contribution in [1.29, 1.82) is 0 Å². The number of nitro groups is 1. The average Bonchev–Trinajstić information content (AvgIpc) is 2.46. The second-order valence-electron chi connectivity index (χ2n) is 4.02. The van der Waals surface area contributed by atoms with E-state index in [9.17, 15) is 19.7 Å². The quantitative estimate of drug-likeness (QED) is 0.497. The van der Waals surface area contributed by atoms with Crippen molar-refractivity contribution in [1.82, 2.24) is 10.2 Å². The Morgan fingerprint density at radius 3 is 2.81 bits per heavy atom. The summed E-state index contributed by atoms with van der Waals surface area (Å²) in [5.41, 5.74) is 0.160. The molecule has 0 unspecified atom stereocenters. The molecule has 1 aromatic heterocycles. The molecule has 0 aliphatic rings. The van der Waals surface area contributed by atoms with Gasteiger partial charge in [0.1, 0.15) is 0 Å². The Hall–Kier alpha value is -3.29. The van der Waals surface area contributed by atoms with Gasteiger partial charge in [0.2, 0.25) is 0 Å². The van der Waals surface area contributed by atoms with Crippen molar-refractivity contribution >= 4 is 17.7 Å². The molecule has 0 atom stereocenters. The first-order valence-electron chi connectivity index (χ1n) is 5.73. The molecule has 0 aliphatic heterocycles. The summed E-state index contributed by atoms with van der Waals surface area (Å²) in [6.45, 7) is 0. The lowest BCUT2D eigenvalue weighted by Gasteiger charge is -2.01. The Morgan fingerprint density at radius 1 is 1.38 bits per heavy atom. The fourth-order valence-electron chi connectivity index (χ4n) is 1.63. The topological polar surface area (TPSA) is 126 Å². The van der Waals surface area contributed by atoms with Crippen molar-refractivity contribution < 1.29 is 14.8 Å². The molecule has 2 aromatic rings. The van der Waals surface area contributed by atoms with Gasteiger partial charge < -0.3 is 5.11 Å². The number of aromatic nitrogens is 2. The van der Waals surface area contributed by atoms with Crippen LogP contribution in [-0.4, -0.2) is 26.2 Å². The number of H-pyrrole nitrogens is 1. The van der Waals surface area contributed by atoms with E-state index in [-0.39, 0.29) is 11.3 Å². The number of nitrogens with one attached hydrogen (secondary N) is 1. The highest BCUT2D eigenvalue weighted by Crippen LogP contribution is 2.21. The van der Waals surface area contributed by atoms with Gasteiger partial charge in [-0.3, -0.25) is 14.9 Å². The number of carbonyl (C=O) groups is 1. The standard InChI is InChI=1S/C13H9N3O5/c17-12(18)5-4-9-7-11(14-15-13(9)19)8-2-1-3-10(6-8)16(20)21/h1-7H,(H,15,19)(H,17,18)/b5-4+. The van der Waals surface area contributed by atoms with Crippen molar-refractivity contribution in [3.63, 3.8) is 0 Å². The van der Waals surface area contributed by atoms with E-state index < -0.39 is 16.5 Å². The normalized spacial score (nSPS) is 10.7. The number of aliphatic carboxylic acids is 1. The first kappa shape index (κ1) is 14.1. The van der Waals surface area contributed by atoms with E-state index in [1.807, 2.05) is 0 Å². The number of aromatic amines is 1. The van der Waals surface area contributed by atoms with E-state index in [0.29, 0.717) is 11.3 Å². The fraction of sp³-hybridized carbons (Fsp3) is 0. The molecule has 106 valence electrons. The Balaban J connectivity index is 2.48. The van der Waals surface area contributed by atoms with Crippen LogP contribution in [0.25, 0.3) is 17.3 Å². The summed E-state index contributed by atoms with van der Waals surface area (Å²) in [5, 5.41) is 25.3. The molecule has 1 aromatic carbocycles. The molecule has 0 bridgehead atoms. The second-order valence-corrected chi connectivity index (χ2v) is 4.02. The molecule has 1 heterocycles. The minimum atomic E-state index is -1.19. The number of benzene rings is 1. The third kappa shape index (κ3) is 3.38. The lowest BCUT2D eigenvalue weighted by molar-refractivity contribution is -0.384. The zero-order valence-corrected chi connectivity index (χ0v) is 10.5. The maximum absolute atomic E-state index is 11.5. The maximum Gasteiger partial charge on any atom is 0.328 e. The van der Waals surface area contributed by atoms with Gasteiger partial charge in [-0.15, -0.1) is 0 Å². The highest BCUT2D eigenvalue weighted by molar-refractivity contribution is 5.85. The van der Waals surface area contributed by atoms with Gasteiger partial charge >= 0.3 is 5.97 Å². The lowest BCUT2D eigenvalue weighted by atomic mass is 10.1. The van der Waals surface area contributed by atoms with E-state index in [1.54, 1.807) is 6.07 Å². The minimum Gasteiger partial charge on any atom is -0.478 e. The SMILES string of the molecule is O=C(O)/C=C/c1cc(-c2cccc([N+](=O)[O-])c2)n[nH]c1=O. The minimum absolute atomic E-state index is 0.0916.